The van der Waals surface area contributed by atoms with Gasteiger partial charge in [-0.15, -0.1) is 0 Å². The molecule has 0 spiro atoms. The Morgan fingerprint density at radius 2 is 1.94 bits per heavy atom. The molecule has 5 N–H and O–H groups in total. The molecule has 0 aromatic heterocycles. The second kappa shape index (κ2) is 6.00. The summed E-state index contributed by atoms with van der Waals surface area (Å²) in [4.78, 5) is 10.5. The third-order valence-corrected chi connectivity index (χ3v) is 4.89. The molecule has 0 fully saturated rings. The summed E-state index contributed by atoms with van der Waals surface area (Å²) in [5, 5.41) is 0. The summed E-state index contributed by atoms with van der Waals surface area (Å²) in [6.07, 6.45) is -0.0761. The van der Waals surface area contributed by atoms with Crippen LogP contribution >= 0.6 is 31.9 Å². The van der Waals surface area contributed by atoms with Gasteiger partial charge in [0.1, 0.15) is 4.90 Å². The lowest BCUT2D eigenvalue weighted by molar-refractivity contribution is -0.117. The molecule has 0 atom stereocenters. The van der Waals surface area contributed by atoms with Crippen LogP contribution in [0.1, 0.15) is 6.42 Å². The molecule has 0 aliphatic carbocycles. The fraction of sp³-hybridized carbons (Fsp3) is 0.222. The molecule has 1 aromatic rings. The molecule has 100 valence electrons. The van der Waals surface area contributed by atoms with Crippen molar-refractivity contribution in [2.24, 2.45) is 5.73 Å². The predicted octanol–water partition coefficient (Wildman–Crippen LogP) is 0.948. The Balaban J connectivity index is 3.02. The Morgan fingerprint density at radius 3 is 2.44 bits per heavy atom. The molecule has 1 aromatic carbocycles. The van der Waals surface area contributed by atoms with E-state index in [0.29, 0.717) is 8.95 Å². The Hall–Kier alpha value is -0.640. The van der Waals surface area contributed by atoms with Crippen LogP contribution < -0.4 is 16.2 Å². The molecule has 0 saturated carbocycles. The number of sulfonamides is 1. The summed E-state index contributed by atoms with van der Waals surface area (Å²) in [5.74, 6) is -0.583. The van der Waals surface area contributed by atoms with Gasteiger partial charge in [-0.3, -0.25) is 4.79 Å². The second-order valence-corrected chi connectivity index (χ2v) is 6.89. The minimum atomic E-state index is -3.78. The number of carbonyl (C=O) groups is 1. The van der Waals surface area contributed by atoms with E-state index >= 15 is 0 Å². The van der Waals surface area contributed by atoms with Crippen molar-refractivity contribution < 1.29 is 13.2 Å². The van der Waals surface area contributed by atoms with Crippen molar-refractivity contribution in [2.45, 2.75) is 11.3 Å². The fourth-order valence-electron chi connectivity index (χ4n) is 1.24. The van der Waals surface area contributed by atoms with Crippen molar-refractivity contribution in [3.05, 3.63) is 21.1 Å². The lowest BCUT2D eigenvalue weighted by Gasteiger charge is -2.11. The molecule has 0 heterocycles. The van der Waals surface area contributed by atoms with Gasteiger partial charge in [0.25, 0.3) is 0 Å². The number of anilines is 1. The van der Waals surface area contributed by atoms with E-state index in [1.54, 1.807) is 6.07 Å². The van der Waals surface area contributed by atoms with Gasteiger partial charge in [-0.1, -0.05) is 15.9 Å². The monoisotopic (exact) mass is 399 g/mol. The summed E-state index contributed by atoms with van der Waals surface area (Å²) >= 11 is 6.33. The lowest BCUT2D eigenvalue weighted by Crippen LogP contribution is -2.28. The zero-order chi connectivity index (χ0) is 13.9. The van der Waals surface area contributed by atoms with E-state index in [2.05, 4.69) is 36.6 Å². The first-order valence-electron chi connectivity index (χ1n) is 4.76. The van der Waals surface area contributed by atoms with Crippen molar-refractivity contribution >= 4 is 53.5 Å². The van der Waals surface area contributed by atoms with Crippen LogP contribution in [0.2, 0.25) is 0 Å². The van der Waals surface area contributed by atoms with Crippen LogP contribution in [0.5, 0.6) is 0 Å². The number of nitrogens with two attached hydrogens (primary N) is 2. The Morgan fingerprint density at radius 1 is 1.33 bits per heavy atom. The van der Waals surface area contributed by atoms with E-state index in [9.17, 15) is 13.2 Å². The SMILES string of the molecule is NC(=O)CCNS(=O)(=O)c1c(N)cc(Br)cc1Br. The summed E-state index contributed by atoms with van der Waals surface area (Å²) in [6.45, 7) is -0.0698. The topological polar surface area (TPSA) is 115 Å². The van der Waals surface area contributed by atoms with Gasteiger partial charge < -0.3 is 11.5 Å². The summed E-state index contributed by atoms with van der Waals surface area (Å²) in [7, 11) is -3.78. The van der Waals surface area contributed by atoms with Crippen LogP contribution in [0.15, 0.2) is 26.0 Å². The normalized spacial score (nSPS) is 11.4. The number of nitrogens with one attached hydrogen (secondary N) is 1. The average molecular weight is 401 g/mol. The van der Waals surface area contributed by atoms with Crippen molar-refractivity contribution in [1.82, 2.24) is 4.72 Å². The number of primary amides is 1. The van der Waals surface area contributed by atoms with E-state index in [4.69, 9.17) is 11.5 Å². The zero-order valence-electron chi connectivity index (χ0n) is 9.11. The molecule has 0 aliphatic rings. The number of benzene rings is 1. The first-order valence-corrected chi connectivity index (χ1v) is 7.83. The molecule has 1 rings (SSSR count). The number of rotatable bonds is 5. The average Bonchev–Trinajstić information content (AvgIpc) is 2.13. The second-order valence-electron chi connectivity index (χ2n) is 3.42. The van der Waals surface area contributed by atoms with E-state index in [1.807, 2.05) is 0 Å². The third-order valence-electron chi connectivity index (χ3n) is 1.97. The van der Waals surface area contributed by atoms with Gasteiger partial charge in [-0.25, -0.2) is 13.1 Å². The Labute approximate surface area is 121 Å². The molecule has 0 aliphatic heterocycles. The van der Waals surface area contributed by atoms with Crippen molar-refractivity contribution in [1.29, 1.82) is 0 Å². The number of amides is 1. The van der Waals surface area contributed by atoms with E-state index < -0.39 is 15.9 Å². The first kappa shape index (κ1) is 15.4. The van der Waals surface area contributed by atoms with Crippen molar-refractivity contribution in [3.8, 4) is 0 Å². The molecule has 0 saturated heterocycles. The Bertz CT molecular complexity index is 551. The number of carbonyl (C=O) groups excluding carboxylic acids is 1. The minimum absolute atomic E-state index is 0.0600. The zero-order valence-corrected chi connectivity index (χ0v) is 13.1. The molecular weight excluding hydrogens is 390 g/mol. The Kier molecular flexibility index (Phi) is 5.14. The molecule has 9 heteroatoms. The maximum atomic E-state index is 12.0. The third kappa shape index (κ3) is 3.94. The number of hydrogen-bond donors (Lipinski definition) is 3. The quantitative estimate of drug-likeness (QED) is 0.638. The first-order chi connectivity index (χ1) is 8.24. The fourth-order valence-corrected chi connectivity index (χ4v) is 4.34. The molecule has 6 nitrogen and oxygen atoms in total. The lowest BCUT2D eigenvalue weighted by atomic mass is 10.3. The van der Waals surface area contributed by atoms with Crippen molar-refractivity contribution in [3.63, 3.8) is 0 Å². The van der Waals surface area contributed by atoms with Gasteiger partial charge in [0.2, 0.25) is 15.9 Å². The molecule has 18 heavy (non-hydrogen) atoms. The maximum Gasteiger partial charge on any atom is 0.243 e. The highest BCUT2D eigenvalue weighted by Gasteiger charge is 2.21. The van der Waals surface area contributed by atoms with Crippen LogP contribution in [-0.2, 0) is 14.8 Å². The number of halogens is 2. The van der Waals surface area contributed by atoms with Crippen LogP contribution in [0.4, 0.5) is 5.69 Å². The van der Waals surface area contributed by atoms with E-state index in [-0.39, 0.29) is 23.5 Å². The van der Waals surface area contributed by atoms with Crippen LogP contribution in [-0.4, -0.2) is 20.9 Å². The summed E-state index contributed by atoms with van der Waals surface area (Å²) < 4.78 is 27.2. The minimum Gasteiger partial charge on any atom is -0.398 e. The molecule has 0 unspecified atom stereocenters. The molecular formula is C9H11Br2N3O3S. The number of nitrogen functional groups attached to an aromatic ring is 1. The smallest absolute Gasteiger partial charge is 0.243 e. The summed E-state index contributed by atoms with van der Waals surface area (Å²) in [6, 6.07) is 3.05. The van der Waals surface area contributed by atoms with Gasteiger partial charge in [0, 0.05) is 21.9 Å². The summed E-state index contributed by atoms with van der Waals surface area (Å²) in [5.41, 5.74) is 10.7. The molecule has 0 radical (unpaired) electrons. The highest BCUT2D eigenvalue weighted by molar-refractivity contribution is 9.11. The van der Waals surface area contributed by atoms with Gasteiger partial charge in [0.15, 0.2) is 0 Å². The highest BCUT2D eigenvalue weighted by Crippen LogP contribution is 2.31. The van der Waals surface area contributed by atoms with Gasteiger partial charge in [-0.2, -0.15) is 0 Å². The standard InChI is InChI=1S/C9H11Br2N3O3S/c10-5-3-6(11)9(7(12)4-5)18(16,17)14-2-1-8(13)15/h3-4,14H,1-2,12H2,(H2,13,15). The van der Waals surface area contributed by atoms with Gasteiger partial charge in [-0.05, 0) is 28.1 Å². The molecule has 0 bridgehead atoms. The largest absolute Gasteiger partial charge is 0.398 e. The van der Waals surface area contributed by atoms with Crippen LogP contribution in [0.25, 0.3) is 0 Å². The number of hydrogen-bond acceptors (Lipinski definition) is 4. The van der Waals surface area contributed by atoms with Crippen molar-refractivity contribution in [2.75, 3.05) is 12.3 Å². The van der Waals surface area contributed by atoms with E-state index in [0.717, 1.165) is 0 Å². The van der Waals surface area contributed by atoms with Gasteiger partial charge >= 0.3 is 0 Å². The van der Waals surface area contributed by atoms with E-state index in [1.165, 1.54) is 6.07 Å². The highest BCUT2D eigenvalue weighted by atomic mass is 79.9. The van der Waals surface area contributed by atoms with Crippen LogP contribution in [0.3, 0.4) is 0 Å². The predicted molar refractivity (Wildman–Crippen MR) is 75.3 cm³/mol. The molecule has 1 amide bonds. The van der Waals surface area contributed by atoms with Crippen LogP contribution in [0, 0.1) is 0 Å². The van der Waals surface area contributed by atoms with Gasteiger partial charge in [0.05, 0.1) is 5.69 Å². The maximum absolute atomic E-state index is 12.0.